The van der Waals surface area contributed by atoms with E-state index in [-0.39, 0.29) is 50.0 Å². The van der Waals surface area contributed by atoms with Crippen LogP contribution in [0, 0.1) is 10.1 Å². The van der Waals surface area contributed by atoms with Crippen LogP contribution in [0.25, 0.3) is 0 Å². The number of carbonyl (C=O) groups excluding carboxylic acids is 1. The van der Waals surface area contributed by atoms with Crippen LogP contribution >= 0.6 is 0 Å². The van der Waals surface area contributed by atoms with Gasteiger partial charge >= 0.3 is 11.7 Å². The van der Waals surface area contributed by atoms with Crippen LogP contribution in [0.3, 0.4) is 0 Å². The van der Waals surface area contributed by atoms with Gasteiger partial charge in [-0.1, -0.05) is 6.07 Å². The molecule has 0 saturated heterocycles. The van der Waals surface area contributed by atoms with Crippen molar-refractivity contribution in [2.24, 2.45) is 0 Å². The molecule has 0 aliphatic carbocycles. The third kappa shape index (κ3) is 5.98. The first-order valence-electron chi connectivity index (χ1n) is 9.64. The van der Waals surface area contributed by atoms with E-state index in [2.05, 4.69) is 20.3 Å². The fourth-order valence-electron chi connectivity index (χ4n) is 2.89. The number of nitrogens with zero attached hydrogens (tertiary/aromatic N) is 5. The Kier molecular flexibility index (Phi) is 7.46. The van der Waals surface area contributed by atoms with Crippen LogP contribution in [0.15, 0.2) is 53.5 Å². The van der Waals surface area contributed by atoms with Crippen LogP contribution < -0.4 is 10.2 Å². The molecule has 0 atom stereocenters. The second-order valence-corrected chi connectivity index (χ2v) is 6.38. The Morgan fingerprint density at radius 3 is 2.81 bits per heavy atom. The van der Waals surface area contributed by atoms with E-state index in [1.165, 1.54) is 12.6 Å². The van der Waals surface area contributed by atoms with Gasteiger partial charge in [0, 0.05) is 12.7 Å². The zero-order valence-electron chi connectivity index (χ0n) is 16.9. The van der Waals surface area contributed by atoms with Crippen molar-refractivity contribution in [3.63, 3.8) is 0 Å². The lowest BCUT2D eigenvalue weighted by Gasteiger charge is -2.22. The van der Waals surface area contributed by atoms with E-state index in [0.717, 1.165) is 0 Å². The summed E-state index contributed by atoms with van der Waals surface area (Å²) >= 11 is 0. The molecule has 11 heteroatoms. The molecule has 3 aromatic heterocycles. The molecule has 3 aromatic rings. The zero-order valence-corrected chi connectivity index (χ0v) is 16.9. The molecule has 3 rings (SSSR count). The van der Waals surface area contributed by atoms with Gasteiger partial charge in [0.2, 0.25) is 11.6 Å². The molecule has 0 saturated carbocycles. The Morgan fingerprint density at radius 2 is 2.13 bits per heavy atom. The van der Waals surface area contributed by atoms with Crippen molar-refractivity contribution in [2.75, 3.05) is 23.4 Å². The number of ether oxygens (including phenoxy) is 1. The maximum Gasteiger partial charge on any atom is 0.353 e. The standard InChI is InChI=1S/C20H22N6O5/c1-2-30-17(27)8-10-25(13-16-7-5-11-31-16)20-18(26(28)29)19(23-14-24-20)22-12-15-6-3-4-9-21-15/h3-7,9,11,14H,2,8,10,12-13H2,1H3,(H,22,23,24). The highest BCUT2D eigenvalue weighted by molar-refractivity contribution is 5.73. The average Bonchev–Trinajstić information content (AvgIpc) is 3.29. The Hall–Kier alpha value is -4.02. The van der Waals surface area contributed by atoms with E-state index in [0.29, 0.717) is 11.5 Å². The predicted octanol–water partition coefficient (Wildman–Crippen LogP) is 2.94. The van der Waals surface area contributed by atoms with Crippen molar-refractivity contribution in [3.8, 4) is 0 Å². The van der Waals surface area contributed by atoms with Crippen molar-refractivity contribution >= 4 is 23.3 Å². The molecule has 0 amide bonds. The van der Waals surface area contributed by atoms with Crippen molar-refractivity contribution in [2.45, 2.75) is 26.4 Å². The molecule has 1 N–H and O–H groups in total. The van der Waals surface area contributed by atoms with E-state index in [1.54, 1.807) is 42.3 Å². The number of nitro groups is 1. The van der Waals surface area contributed by atoms with Gasteiger partial charge in [-0.05, 0) is 31.2 Å². The molecule has 11 nitrogen and oxygen atoms in total. The molecule has 0 unspecified atom stereocenters. The number of furan rings is 1. The maximum atomic E-state index is 11.9. The molecule has 0 aliphatic rings. The summed E-state index contributed by atoms with van der Waals surface area (Å²) in [5.74, 6) is 0.294. The van der Waals surface area contributed by atoms with E-state index in [1.807, 2.05) is 6.07 Å². The van der Waals surface area contributed by atoms with Gasteiger partial charge < -0.3 is 19.4 Å². The van der Waals surface area contributed by atoms with Gasteiger partial charge in [0.05, 0.1) is 43.0 Å². The van der Waals surface area contributed by atoms with Crippen molar-refractivity contribution < 1.29 is 18.9 Å². The summed E-state index contributed by atoms with van der Waals surface area (Å²) in [6.45, 7) is 2.56. The van der Waals surface area contributed by atoms with E-state index in [4.69, 9.17) is 9.15 Å². The SMILES string of the molecule is CCOC(=O)CCN(Cc1ccco1)c1ncnc(NCc2ccccn2)c1[N+](=O)[O-]. The summed E-state index contributed by atoms with van der Waals surface area (Å²) in [5.41, 5.74) is 0.403. The third-order valence-electron chi connectivity index (χ3n) is 4.27. The smallest absolute Gasteiger partial charge is 0.353 e. The summed E-state index contributed by atoms with van der Waals surface area (Å²) in [7, 11) is 0. The van der Waals surface area contributed by atoms with Crippen LogP contribution in [-0.2, 0) is 22.6 Å². The lowest BCUT2D eigenvalue weighted by atomic mass is 10.3. The lowest BCUT2D eigenvalue weighted by Crippen LogP contribution is -2.28. The van der Waals surface area contributed by atoms with Crippen LogP contribution in [0.5, 0.6) is 0 Å². The molecule has 3 heterocycles. The van der Waals surface area contributed by atoms with Crippen molar-refractivity contribution in [3.05, 3.63) is 70.7 Å². The number of carbonyl (C=O) groups is 1. The first-order chi connectivity index (χ1) is 15.1. The molecule has 0 aliphatic heterocycles. The fraction of sp³-hybridized carbons (Fsp3) is 0.300. The molecule has 0 radical (unpaired) electrons. The van der Waals surface area contributed by atoms with Gasteiger partial charge in [0.15, 0.2) is 0 Å². The molecule has 0 fully saturated rings. The Morgan fingerprint density at radius 1 is 1.26 bits per heavy atom. The Bertz CT molecular complexity index is 997. The predicted molar refractivity (Wildman–Crippen MR) is 111 cm³/mol. The zero-order chi connectivity index (χ0) is 22.1. The Balaban J connectivity index is 1.88. The molecule has 0 bridgehead atoms. The summed E-state index contributed by atoms with van der Waals surface area (Å²) in [6.07, 6.45) is 4.42. The molecular weight excluding hydrogens is 404 g/mol. The number of rotatable bonds is 11. The third-order valence-corrected chi connectivity index (χ3v) is 4.27. The number of esters is 1. The van der Waals surface area contributed by atoms with Crippen LogP contribution in [0.1, 0.15) is 24.8 Å². The number of hydrogen-bond acceptors (Lipinski definition) is 10. The van der Waals surface area contributed by atoms with Gasteiger partial charge in [-0.15, -0.1) is 0 Å². The molecule has 0 spiro atoms. The fourth-order valence-corrected chi connectivity index (χ4v) is 2.89. The second-order valence-electron chi connectivity index (χ2n) is 6.38. The summed E-state index contributed by atoms with van der Waals surface area (Å²) in [5, 5.41) is 14.9. The topological polar surface area (TPSA) is 137 Å². The van der Waals surface area contributed by atoms with Crippen molar-refractivity contribution in [1.29, 1.82) is 0 Å². The second kappa shape index (κ2) is 10.7. The minimum Gasteiger partial charge on any atom is -0.467 e. The number of pyridine rings is 1. The van der Waals surface area contributed by atoms with E-state index < -0.39 is 10.9 Å². The first kappa shape index (κ1) is 21.7. The summed E-state index contributed by atoms with van der Waals surface area (Å²) < 4.78 is 10.4. The largest absolute Gasteiger partial charge is 0.467 e. The Labute approximate surface area is 178 Å². The highest BCUT2D eigenvalue weighted by atomic mass is 16.6. The minimum absolute atomic E-state index is 0.0341. The number of aromatic nitrogens is 3. The van der Waals surface area contributed by atoms with Crippen LogP contribution in [0.2, 0.25) is 0 Å². The molecule has 31 heavy (non-hydrogen) atoms. The van der Waals surface area contributed by atoms with Gasteiger partial charge in [-0.2, -0.15) is 0 Å². The van der Waals surface area contributed by atoms with Crippen LogP contribution in [0.4, 0.5) is 17.3 Å². The normalized spacial score (nSPS) is 10.5. The lowest BCUT2D eigenvalue weighted by molar-refractivity contribution is -0.383. The molecule has 162 valence electrons. The maximum absolute atomic E-state index is 11.9. The number of anilines is 2. The van der Waals surface area contributed by atoms with E-state index in [9.17, 15) is 14.9 Å². The van der Waals surface area contributed by atoms with Gasteiger partial charge in [0.25, 0.3) is 0 Å². The summed E-state index contributed by atoms with van der Waals surface area (Å²) in [6, 6.07) is 8.86. The summed E-state index contributed by atoms with van der Waals surface area (Å²) in [4.78, 5) is 37.2. The van der Waals surface area contributed by atoms with Gasteiger partial charge in [-0.3, -0.25) is 19.9 Å². The van der Waals surface area contributed by atoms with Gasteiger partial charge in [-0.25, -0.2) is 9.97 Å². The van der Waals surface area contributed by atoms with Crippen molar-refractivity contribution in [1.82, 2.24) is 15.0 Å². The first-order valence-corrected chi connectivity index (χ1v) is 9.64. The minimum atomic E-state index is -0.546. The highest BCUT2D eigenvalue weighted by Gasteiger charge is 2.28. The number of hydrogen-bond donors (Lipinski definition) is 1. The molecule has 0 aromatic carbocycles. The quantitative estimate of drug-likeness (QED) is 0.277. The molecular formula is C20H22N6O5. The number of nitrogens with one attached hydrogen (secondary N) is 1. The monoisotopic (exact) mass is 426 g/mol. The highest BCUT2D eigenvalue weighted by Crippen LogP contribution is 2.33. The van der Waals surface area contributed by atoms with E-state index >= 15 is 0 Å². The average molecular weight is 426 g/mol. The van der Waals surface area contributed by atoms with Gasteiger partial charge in [0.1, 0.15) is 12.1 Å². The van der Waals surface area contributed by atoms with Crippen LogP contribution in [-0.4, -0.2) is 39.0 Å².